The molecule has 0 amide bonds. The number of imidazole rings is 1. The molecule has 1 aliphatic heterocycles. The smallest absolute Gasteiger partial charge is 0.231 e. The lowest BCUT2D eigenvalue weighted by Gasteiger charge is -2.20. The molecular weight excluding hydrogens is 266 g/mol. The molecule has 1 aliphatic rings. The van der Waals surface area contributed by atoms with Crippen molar-refractivity contribution in [3.63, 3.8) is 0 Å². The van der Waals surface area contributed by atoms with Crippen molar-refractivity contribution in [2.45, 2.75) is 32.4 Å². The second kappa shape index (κ2) is 5.77. The van der Waals surface area contributed by atoms with E-state index in [2.05, 4.69) is 40.8 Å². The summed E-state index contributed by atoms with van der Waals surface area (Å²) in [6.45, 7) is 5.47. The molecule has 0 aliphatic carbocycles. The molecule has 1 aromatic heterocycles. The van der Waals surface area contributed by atoms with Crippen LogP contribution in [0.2, 0.25) is 0 Å². The SMILES string of the molecule is CNC(Cn1ccnc1C(C)C)c1ccc2c(c1)OCO2. The number of aromatic nitrogens is 2. The summed E-state index contributed by atoms with van der Waals surface area (Å²) in [6, 6.07) is 6.31. The molecule has 0 radical (unpaired) electrons. The number of nitrogens with zero attached hydrogens (tertiary/aromatic N) is 2. The Labute approximate surface area is 124 Å². The summed E-state index contributed by atoms with van der Waals surface area (Å²) in [5, 5.41) is 3.37. The standard InChI is InChI=1S/C16H21N3O2/c1-11(2)16-18-6-7-19(16)9-13(17-3)12-4-5-14-15(8-12)21-10-20-14/h4-8,11,13,17H,9-10H2,1-3H3. The van der Waals surface area contributed by atoms with Crippen molar-refractivity contribution in [3.05, 3.63) is 42.0 Å². The van der Waals surface area contributed by atoms with Gasteiger partial charge in [-0.2, -0.15) is 0 Å². The first kappa shape index (κ1) is 13.9. The zero-order valence-corrected chi connectivity index (χ0v) is 12.7. The summed E-state index contributed by atoms with van der Waals surface area (Å²) >= 11 is 0. The molecule has 1 unspecified atom stereocenters. The van der Waals surface area contributed by atoms with E-state index in [-0.39, 0.29) is 6.04 Å². The number of hydrogen-bond donors (Lipinski definition) is 1. The summed E-state index contributed by atoms with van der Waals surface area (Å²) < 4.78 is 13.0. The van der Waals surface area contributed by atoms with Gasteiger partial charge in [-0.05, 0) is 24.7 Å². The molecule has 3 rings (SSSR count). The number of likely N-dealkylation sites (N-methyl/N-ethyl adjacent to an activating group) is 1. The van der Waals surface area contributed by atoms with Gasteiger partial charge in [-0.3, -0.25) is 0 Å². The zero-order valence-electron chi connectivity index (χ0n) is 12.7. The van der Waals surface area contributed by atoms with Crippen molar-refractivity contribution in [1.29, 1.82) is 0 Å². The molecule has 2 heterocycles. The molecule has 0 saturated carbocycles. The Morgan fingerprint density at radius 1 is 1.29 bits per heavy atom. The van der Waals surface area contributed by atoms with Crippen LogP contribution in [0.15, 0.2) is 30.6 Å². The van der Waals surface area contributed by atoms with E-state index in [9.17, 15) is 0 Å². The van der Waals surface area contributed by atoms with Gasteiger partial charge in [-0.15, -0.1) is 0 Å². The number of benzene rings is 1. The average Bonchev–Trinajstić information content (AvgIpc) is 3.12. The van der Waals surface area contributed by atoms with Crippen LogP contribution >= 0.6 is 0 Å². The minimum absolute atomic E-state index is 0.200. The fraction of sp³-hybridized carbons (Fsp3) is 0.438. The minimum atomic E-state index is 0.200. The van der Waals surface area contributed by atoms with E-state index >= 15 is 0 Å². The van der Waals surface area contributed by atoms with Gasteiger partial charge in [-0.1, -0.05) is 19.9 Å². The second-order valence-corrected chi connectivity index (χ2v) is 5.55. The first-order valence-corrected chi connectivity index (χ1v) is 7.27. The van der Waals surface area contributed by atoms with Gasteiger partial charge in [0.2, 0.25) is 6.79 Å². The quantitative estimate of drug-likeness (QED) is 0.918. The Kier molecular flexibility index (Phi) is 3.84. The minimum Gasteiger partial charge on any atom is -0.454 e. The largest absolute Gasteiger partial charge is 0.454 e. The van der Waals surface area contributed by atoms with Gasteiger partial charge < -0.3 is 19.4 Å². The molecule has 5 nitrogen and oxygen atoms in total. The topological polar surface area (TPSA) is 48.3 Å². The van der Waals surface area contributed by atoms with Gasteiger partial charge in [0.25, 0.3) is 0 Å². The lowest BCUT2D eigenvalue weighted by Crippen LogP contribution is -2.23. The van der Waals surface area contributed by atoms with Gasteiger partial charge in [0, 0.05) is 24.9 Å². The highest BCUT2D eigenvalue weighted by molar-refractivity contribution is 5.45. The summed E-state index contributed by atoms with van der Waals surface area (Å²) in [5.74, 6) is 3.16. The van der Waals surface area contributed by atoms with Crippen molar-refractivity contribution in [1.82, 2.24) is 14.9 Å². The first-order valence-electron chi connectivity index (χ1n) is 7.27. The first-order chi connectivity index (χ1) is 10.2. The molecule has 2 aromatic rings. The van der Waals surface area contributed by atoms with Crippen molar-refractivity contribution < 1.29 is 9.47 Å². The van der Waals surface area contributed by atoms with Crippen molar-refractivity contribution in [3.8, 4) is 11.5 Å². The summed E-state index contributed by atoms with van der Waals surface area (Å²) in [6.07, 6.45) is 3.90. The maximum Gasteiger partial charge on any atom is 0.231 e. The summed E-state index contributed by atoms with van der Waals surface area (Å²) in [4.78, 5) is 4.45. The molecule has 0 spiro atoms. The third-order valence-corrected chi connectivity index (χ3v) is 3.79. The average molecular weight is 287 g/mol. The maximum absolute atomic E-state index is 5.46. The predicted octanol–water partition coefficient (Wildman–Crippen LogP) is 2.70. The van der Waals surface area contributed by atoms with E-state index in [0.717, 1.165) is 23.9 Å². The molecule has 0 fully saturated rings. The van der Waals surface area contributed by atoms with Crippen molar-refractivity contribution in [2.24, 2.45) is 0 Å². The predicted molar refractivity (Wildman–Crippen MR) is 80.7 cm³/mol. The molecule has 1 atom stereocenters. The fourth-order valence-corrected chi connectivity index (χ4v) is 2.67. The van der Waals surface area contributed by atoms with Gasteiger partial charge in [0.15, 0.2) is 11.5 Å². The summed E-state index contributed by atoms with van der Waals surface area (Å²) in [7, 11) is 1.97. The fourth-order valence-electron chi connectivity index (χ4n) is 2.67. The molecule has 0 saturated heterocycles. The zero-order chi connectivity index (χ0) is 14.8. The molecule has 0 bridgehead atoms. The van der Waals surface area contributed by atoms with Crippen LogP contribution in [-0.4, -0.2) is 23.4 Å². The van der Waals surface area contributed by atoms with Crippen molar-refractivity contribution >= 4 is 0 Å². The second-order valence-electron chi connectivity index (χ2n) is 5.55. The number of ether oxygens (including phenoxy) is 2. The molecular formula is C16H21N3O2. The van der Waals surface area contributed by atoms with Gasteiger partial charge >= 0.3 is 0 Å². The van der Waals surface area contributed by atoms with E-state index in [4.69, 9.17) is 9.47 Å². The van der Waals surface area contributed by atoms with E-state index < -0.39 is 0 Å². The lowest BCUT2D eigenvalue weighted by molar-refractivity contribution is 0.174. The Balaban J connectivity index is 1.83. The third-order valence-electron chi connectivity index (χ3n) is 3.79. The van der Waals surface area contributed by atoms with Crippen LogP contribution in [-0.2, 0) is 6.54 Å². The van der Waals surface area contributed by atoms with Gasteiger partial charge in [-0.25, -0.2) is 4.98 Å². The van der Waals surface area contributed by atoms with Gasteiger partial charge in [0.1, 0.15) is 5.82 Å². The van der Waals surface area contributed by atoms with E-state index in [1.165, 1.54) is 5.56 Å². The van der Waals surface area contributed by atoms with Crippen LogP contribution in [0.3, 0.4) is 0 Å². The Morgan fingerprint density at radius 3 is 2.86 bits per heavy atom. The Hall–Kier alpha value is -2.01. The van der Waals surface area contributed by atoms with Crippen LogP contribution in [0.1, 0.15) is 37.2 Å². The Bertz CT molecular complexity index is 622. The van der Waals surface area contributed by atoms with E-state index in [0.29, 0.717) is 12.7 Å². The molecule has 112 valence electrons. The van der Waals surface area contributed by atoms with E-state index in [1.54, 1.807) is 0 Å². The van der Waals surface area contributed by atoms with Crippen LogP contribution in [0.4, 0.5) is 0 Å². The van der Waals surface area contributed by atoms with Gasteiger partial charge in [0.05, 0.1) is 6.04 Å². The molecule has 1 N–H and O–H groups in total. The normalized spacial score (nSPS) is 14.7. The number of rotatable bonds is 5. The summed E-state index contributed by atoms with van der Waals surface area (Å²) in [5.41, 5.74) is 1.19. The lowest BCUT2D eigenvalue weighted by atomic mass is 10.1. The molecule has 21 heavy (non-hydrogen) atoms. The van der Waals surface area contributed by atoms with Crippen LogP contribution < -0.4 is 14.8 Å². The van der Waals surface area contributed by atoms with E-state index in [1.807, 2.05) is 25.5 Å². The maximum atomic E-state index is 5.46. The molecule has 5 heteroatoms. The van der Waals surface area contributed by atoms with Crippen LogP contribution in [0, 0.1) is 0 Å². The number of fused-ring (bicyclic) bond motifs is 1. The van der Waals surface area contributed by atoms with Crippen molar-refractivity contribution in [2.75, 3.05) is 13.8 Å². The highest BCUT2D eigenvalue weighted by Gasteiger charge is 2.18. The molecule has 1 aromatic carbocycles. The number of hydrogen-bond acceptors (Lipinski definition) is 4. The highest BCUT2D eigenvalue weighted by Crippen LogP contribution is 2.34. The van der Waals surface area contributed by atoms with Crippen LogP contribution in [0.25, 0.3) is 0 Å². The third kappa shape index (κ3) is 2.74. The van der Waals surface area contributed by atoms with Crippen LogP contribution in [0.5, 0.6) is 11.5 Å². The Morgan fingerprint density at radius 2 is 2.10 bits per heavy atom. The monoisotopic (exact) mass is 287 g/mol. The highest BCUT2D eigenvalue weighted by atomic mass is 16.7. The number of nitrogens with one attached hydrogen (secondary N) is 1.